The van der Waals surface area contributed by atoms with Crippen molar-refractivity contribution in [3.05, 3.63) is 60.8 Å². The predicted molar refractivity (Wildman–Crippen MR) is 270 cm³/mol. The van der Waals surface area contributed by atoms with Crippen LogP contribution in [-0.2, 0) is 28.9 Å². The van der Waals surface area contributed by atoms with Crippen LogP contribution < -0.4 is 5.32 Å². The zero-order chi connectivity index (χ0) is 49.2. The molecule has 13 nitrogen and oxygen atoms in total. The molecule has 14 heteroatoms. The van der Waals surface area contributed by atoms with Crippen LogP contribution in [0.25, 0.3) is 0 Å². The van der Waals surface area contributed by atoms with Crippen molar-refractivity contribution in [1.82, 2.24) is 5.32 Å². The van der Waals surface area contributed by atoms with E-state index in [2.05, 4.69) is 72.0 Å². The average Bonchev–Trinajstić information content (AvgIpc) is 3.30. The summed E-state index contributed by atoms with van der Waals surface area (Å²) in [6.07, 6.45) is 43.4. The minimum Gasteiger partial charge on any atom is -0.394 e. The van der Waals surface area contributed by atoms with Crippen LogP contribution in [0.5, 0.6) is 0 Å². The number of aliphatic hydroxyl groups excluding tert-OH is 5. The molecule has 8 unspecified atom stereocenters. The molecule has 0 saturated carbocycles. The lowest BCUT2D eigenvalue weighted by atomic mass is 9.99. The van der Waals surface area contributed by atoms with Crippen molar-refractivity contribution < 1.29 is 57.0 Å². The van der Waals surface area contributed by atoms with E-state index in [0.717, 1.165) is 51.4 Å². The molecule has 0 bridgehead atoms. The lowest BCUT2D eigenvalue weighted by Crippen LogP contribution is -2.61. The first-order valence-corrected chi connectivity index (χ1v) is 27.6. The van der Waals surface area contributed by atoms with Gasteiger partial charge < -0.3 is 40.3 Å². The Balaban J connectivity index is 2.35. The average molecular weight is 970 g/mol. The summed E-state index contributed by atoms with van der Waals surface area (Å²) in [5.41, 5.74) is 0. The highest BCUT2D eigenvalue weighted by molar-refractivity contribution is 7.80. The summed E-state index contributed by atoms with van der Waals surface area (Å²) >= 11 is 0. The number of carbonyl (C=O) groups excluding carboxylic acids is 1. The number of aliphatic hydroxyl groups is 5. The topological polar surface area (TPSA) is 212 Å². The molecule has 0 aromatic carbocycles. The monoisotopic (exact) mass is 970 g/mol. The molecule has 1 heterocycles. The minimum absolute atomic E-state index is 0.230. The normalized spacial score (nSPS) is 20.9. The first-order chi connectivity index (χ1) is 32.4. The van der Waals surface area contributed by atoms with Gasteiger partial charge in [-0.05, 0) is 70.6 Å². The first kappa shape index (κ1) is 62.8. The fourth-order valence-corrected chi connectivity index (χ4v) is 8.51. The summed E-state index contributed by atoms with van der Waals surface area (Å²) in [6.45, 7) is 3.07. The van der Waals surface area contributed by atoms with Gasteiger partial charge in [0.1, 0.15) is 30.5 Å². The second-order valence-corrected chi connectivity index (χ2v) is 19.2. The fourth-order valence-electron chi connectivity index (χ4n) is 8.00. The van der Waals surface area contributed by atoms with Crippen molar-refractivity contribution in [1.29, 1.82) is 0 Å². The Kier molecular flexibility index (Phi) is 39.9. The summed E-state index contributed by atoms with van der Waals surface area (Å²) in [4.78, 5) is 13.1. The van der Waals surface area contributed by atoms with E-state index in [9.17, 15) is 43.3 Å². The fraction of sp³-hybridized carbons (Fsp3) is 0.792. The molecule has 1 saturated heterocycles. The molecule has 1 aliphatic rings. The molecular weight excluding hydrogens is 875 g/mol. The number of unbranched alkanes of at least 4 members (excludes halogenated alkanes) is 23. The molecule has 0 aliphatic carbocycles. The van der Waals surface area contributed by atoms with Gasteiger partial charge in [-0.15, -0.1) is 0 Å². The predicted octanol–water partition coefficient (Wildman–Crippen LogP) is 10.4. The van der Waals surface area contributed by atoms with Gasteiger partial charge >= 0.3 is 10.4 Å². The highest BCUT2D eigenvalue weighted by Gasteiger charge is 2.48. The van der Waals surface area contributed by atoms with Gasteiger partial charge in [0.2, 0.25) is 5.91 Å². The molecule has 1 amide bonds. The van der Waals surface area contributed by atoms with Gasteiger partial charge in [-0.25, -0.2) is 4.18 Å². The highest BCUT2D eigenvalue weighted by atomic mass is 32.3. The molecule has 0 aromatic heterocycles. The molecule has 0 spiro atoms. The van der Waals surface area contributed by atoms with Crippen LogP contribution in [0.15, 0.2) is 60.8 Å². The molecule has 1 aliphatic heterocycles. The third-order valence-corrected chi connectivity index (χ3v) is 12.6. The Bertz CT molecular complexity index is 1440. The quantitative estimate of drug-likeness (QED) is 0.0173. The number of allylic oxidation sites excluding steroid dienone is 9. The summed E-state index contributed by atoms with van der Waals surface area (Å²) < 4.78 is 47.5. The molecule has 8 atom stereocenters. The maximum absolute atomic E-state index is 13.1. The number of rotatable bonds is 44. The van der Waals surface area contributed by atoms with Gasteiger partial charge in [-0.3, -0.25) is 9.35 Å². The van der Waals surface area contributed by atoms with Crippen molar-refractivity contribution in [2.24, 2.45) is 0 Å². The van der Waals surface area contributed by atoms with E-state index in [0.29, 0.717) is 12.8 Å². The Hall–Kier alpha value is -2.24. The molecule has 1 rings (SSSR count). The molecule has 0 radical (unpaired) electrons. The number of ether oxygens (including phenoxy) is 2. The largest absolute Gasteiger partial charge is 0.397 e. The van der Waals surface area contributed by atoms with Gasteiger partial charge in [0.25, 0.3) is 0 Å². The van der Waals surface area contributed by atoms with Gasteiger partial charge in [-0.1, -0.05) is 197 Å². The van der Waals surface area contributed by atoms with Gasteiger partial charge in [0, 0.05) is 0 Å². The molecule has 7 N–H and O–H groups in total. The van der Waals surface area contributed by atoms with Crippen LogP contribution in [0.2, 0.25) is 0 Å². The van der Waals surface area contributed by atoms with E-state index >= 15 is 0 Å². The lowest BCUT2D eigenvalue weighted by Gasteiger charge is -2.41. The van der Waals surface area contributed by atoms with E-state index in [1.807, 2.05) is 0 Å². The molecular formula is C53H95NO12S. The smallest absolute Gasteiger partial charge is 0.394 e. The van der Waals surface area contributed by atoms with E-state index in [4.69, 9.17) is 9.47 Å². The summed E-state index contributed by atoms with van der Waals surface area (Å²) in [7, 11) is -5.13. The minimum atomic E-state index is -5.13. The molecule has 1 fully saturated rings. The maximum atomic E-state index is 13.1. The van der Waals surface area contributed by atoms with E-state index in [1.165, 1.54) is 128 Å². The molecule has 67 heavy (non-hydrogen) atoms. The van der Waals surface area contributed by atoms with Crippen LogP contribution in [0, 0.1) is 0 Å². The van der Waals surface area contributed by atoms with Crippen LogP contribution in [-0.4, -0.2) is 107 Å². The van der Waals surface area contributed by atoms with Crippen molar-refractivity contribution in [2.45, 2.75) is 255 Å². The van der Waals surface area contributed by atoms with E-state index < -0.39 is 78.5 Å². The molecule has 0 aromatic rings. The first-order valence-electron chi connectivity index (χ1n) is 26.3. The van der Waals surface area contributed by atoms with Gasteiger partial charge in [0.15, 0.2) is 6.29 Å². The number of carbonyl (C=O) groups is 1. The Labute approximate surface area is 406 Å². The zero-order valence-corrected chi connectivity index (χ0v) is 42.4. The second-order valence-electron chi connectivity index (χ2n) is 18.2. The van der Waals surface area contributed by atoms with Crippen molar-refractivity contribution in [3.8, 4) is 0 Å². The van der Waals surface area contributed by atoms with Crippen molar-refractivity contribution in [2.75, 3.05) is 13.2 Å². The summed E-state index contributed by atoms with van der Waals surface area (Å²) in [5, 5.41) is 55.2. The Morgan fingerprint density at radius 1 is 0.627 bits per heavy atom. The van der Waals surface area contributed by atoms with Crippen LogP contribution >= 0.6 is 0 Å². The maximum Gasteiger partial charge on any atom is 0.397 e. The van der Waals surface area contributed by atoms with Crippen LogP contribution in [0.4, 0.5) is 0 Å². The zero-order valence-electron chi connectivity index (χ0n) is 41.6. The molecule has 390 valence electrons. The van der Waals surface area contributed by atoms with Crippen LogP contribution in [0.1, 0.15) is 206 Å². The van der Waals surface area contributed by atoms with Crippen molar-refractivity contribution in [3.63, 3.8) is 0 Å². The van der Waals surface area contributed by atoms with E-state index in [-0.39, 0.29) is 6.42 Å². The lowest BCUT2D eigenvalue weighted by molar-refractivity contribution is -0.298. The van der Waals surface area contributed by atoms with E-state index in [1.54, 1.807) is 6.08 Å². The summed E-state index contributed by atoms with van der Waals surface area (Å²) in [6, 6.07) is -1.14. The van der Waals surface area contributed by atoms with Gasteiger partial charge in [0.05, 0.1) is 25.4 Å². The standard InChI is InChI=1S/C53H95NO12S/c1-3-5-7-9-11-13-15-16-17-18-19-20-21-22-23-24-25-26-27-28-29-30-31-32-34-36-38-40-42-47(57)52(60)54-45(46(56)41-39-37-35-33-14-12-10-8-6-4-2)44-64-53-50(59)51(66-67(61,62)63)49(58)48(43-55)65-53/h6,8,14,19-20,22-23,33,39,41,45-51,53,55-59H,3-5,7,9-13,15-18,21,24-32,34-38,40,42-44H2,1-2H3,(H,54,60)(H,61,62,63)/b8-6+,20-19-,23-22-,33-14+,41-39+. The number of amides is 1. The second kappa shape index (κ2) is 42.6. The number of hydrogen-bond acceptors (Lipinski definition) is 11. The Morgan fingerprint density at radius 3 is 1.58 bits per heavy atom. The number of nitrogens with one attached hydrogen (secondary N) is 1. The third kappa shape index (κ3) is 34.7. The summed E-state index contributed by atoms with van der Waals surface area (Å²) in [5.74, 6) is -0.721. The Morgan fingerprint density at radius 2 is 1.09 bits per heavy atom. The SMILES string of the molecule is CC/C=C/CC/C=C/CC/C=C/C(O)C(COC1OC(CO)C(O)C(OS(=O)(=O)O)C1O)NC(=O)C(O)CCCCCCCCCCCCCC/C=C\C/C=C\CCCCCCCCCCC. The van der Waals surface area contributed by atoms with Gasteiger partial charge in [-0.2, -0.15) is 8.42 Å². The highest BCUT2D eigenvalue weighted by Crippen LogP contribution is 2.26. The van der Waals surface area contributed by atoms with Crippen LogP contribution in [0.3, 0.4) is 0 Å². The number of hydrogen-bond donors (Lipinski definition) is 7. The van der Waals surface area contributed by atoms with Crippen molar-refractivity contribution >= 4 is 16.3 Å². The third-order valence-electron chi connectivity index (χ3n) is 12.1.